The van der Waals surface area contributed by atoms with Gasteiger partial charge >= 0.3 is 0 Å². The van der Waals surface area contributed by atoms with Crippen molar-refractivity contribution in [3.8, 4) is 0 Å². The molecule has 0 heterocycles. The van der Waals surface area contributed by atoms with Crippen molar-refractivity contribution in [1.29, 1.82) is 0 Å². The molecular weight excluding hydrogens is 204 g/mol. The van der Waals surface area contributed by atoms with Crippen molar-refractivity contribution in [3.63, 3.8) is 0 Å². The summed E-state index contributed by atoms with van der Waals surface area (Å²) in [6.45, 7) is 8.12. The van der Waals surface area contributed by atoms with Crippen LogP contribution in [0.4, 0.5) is 0 Å². The second-order valence-electron chi connectivity index (χ2n) is 5.61. The Bertz CT molecular complexity index is 264. The summed E-state index contributed by atoms with van der Waals surface area (Å²) in [5.41, 5.74) is 5.80. The fourth-order valence-electron chi connectivity index (χ4n) is 2.10. The van der Waals surface area contributed by atoms with Crippen molar-refractivity contribution in [2.24, 2.45) is 17.1 Å². The fraction of sp³-hybridized carbons (Fsp3) is 0.917. The van der Waals surface area contributed by atoms with Gasteiger partial charge in [0.05, 0.1) is 12.1 Å². The minimum Gasteiger partial charge on any atom is -0.381 e. The Kier molecular flexibility index (Phi) is 3.97. The maximum absolute atomic E-state index is 11.8. The van der Waals surface area contributed by atoms with Gasteiger partial charge < -0.3 is 15.8 Å². The summed E-state index contributed by atoms with van der Waals surface area (Å²) in [5.74, 6) is 0.115. The molecule has 1 saturated carbocycles. The Hall–Kier alpha value is -0.610. The normalized spacial score (nSPS) is 29.7. The highest BCUT2D eigenvalue weighted by Gasteiger charge is 2.49. The average molecular weight is 228 g/mol. The minimum absolute atomic E-state index is 0.00110. The van der Waals surface area contributed by atoms with Gasteiger partial charge in [0.25, 0.3) is 0 Å². The number of hydrogen-bond acceptors (Lipinski definition) is 3. The molecule has 2 unspecified atom stereocenters. The maximum atomic E-state index is 11.8. The molecule has 3 N–H and O–H groups in total. The van der Waals surface area contributed by atoms with Crippen LogP contribution in [0.2, 0.25) is 0 Å². The van der Waals surface area contributed by atoms with Crippen LogP contribution in [0.15, 0.2) is 0 Å². The van der Waals surface area contributed by atoms with Crippen LogP contribution in [0, 0.1) is 11.3 Å². The van der Waals surface area contributed by atoms with E-state index in [1.165, 1.54) is 0 Å². The summed E-state index contributed by atoms with van der Waals surface area (Å²) in [6, 6.07) is -0.243. The van der Waals surface area contributed by atoms with Crippen LogP contribution in [0.5, 0.6) is 0 Å². The predicted molar refractivity (Wildman–Crippen MR) is 63.9 cm³/mol. The van der Waals surface area contributed by atoms with Crippen molar-refractivity contribution in [1.82, 2.24) is 5.32 Å². The summed E-state index contributed by atoms with van der Waals surface area (Å²) in [4.78, 5) is 11.8. The highest BCUT2D eigenvalue weighted by atomic mass is 16.5. The van der Waals surface area contributed by atoms with Gasteiger partial charge in [-0.3, -0.25) is 4.79 Å². The van der Waals surface area contributed by atoms with Gasteiger partial charge in [0, 0.05) is 18.6 Å². The molecule has 0 bridgehead atoms. The molecule has 4 heteroatoms. The first-order chi connectivity index (χ1) is 7.30. The third-order valence-corrected chi connectivity index (χ3v) is 3.80. The van der Waals surface area contributed by atoms with Crippen molar-refractivity contribution >= 4 is 5.91 Å². The lowest BCUT2D eigenvalue weighted by Gasteiger charge is -2.51. The SMILES string of the molecule is COC1CC(NC(=O)[C@@H](N)C(C)C)C1(C)C. The first-order valence-corrected chi connectivity index (χ1v) is 5.89. The first-order valence-electron chi connectivity index (χ1n) is 5.89. The number of carbonyl (C=O) groups excluding carboxylic acids is 1. The highest BCUT2D eigenvalue weighted by molar-refractivity contribution is 5.82. The summed E-state index contributed by atoms with van der Waals surface area (Å²) in [5, 5.41) is 3.01. The zero-order valence-corrected chi connectivity index (χ0v) is 10.9. The molecule has 0 radical (unpaired) electrons. The first kappa shape index (κ1) is 13.5. The average Bonchev–Trinajstić information content (AvgIpc) is 2.21. The Labute approximate surface area is 97.9 Å². The van der Waals surface area contributed by atoms with E-state index in [1.54, 1.807) is 7.11 Å². The predicted octanol–water partition coefficient (Wildman–Crippen LogP) is 0.899. The molecule has 0 aromatic heterocycles. The van der Waals surface area contributed by atoms with Crippen molar-refractivity contribution < 1.29 is 9.53 Å². The second kappa shape index (κ2) is 4.72. The molecule has 1 amide bonds. The van der Waals surface area contributed by atoms with E-state index in [4.69, 9.17) is 10.5 Å². The smallest absolute Gasteiger partial charge is 0.237 e. The quantitative estimate of drug-likeness (QED) is 0.751. The van der Waals surface area contributed by atoms with Crippen molar-refractivity contribution in [2.75, 3.05) is 7.11 Å². The molecule has 1 aliphatic rings. The lowest BCUT2D eigenvalue weighted by molar-refractivity contribution is -0.134. The van der Waals surface area contributed by atoms with Crippen LogP contribution in [-0.4, -0.2) is 31.2 Å². The molecule has 16 heavy (non-hydrogen) atoms. The maximum Gasteiger partial charge on any atom is 0.237 e. The van der Waals surface area contributed by atoms with Gasteiger partial charge in [0.15, 0.2) is 0 Å². The van der Waals surface area contributed by atoms with E-state index >= 15 is 0 Å². The van der Waals surface area contributed by atoms with Gasteiger partial charge in [-0.05, 0) is 12.3 Å². The highest BCUT2D eigenvalue weighted by Crippen LogP contribution is 2.42. The third-order valence-electron chi connectivity index (χ3n) is 3.80. The van der Waals surface area contributed by atoms with Crippen LogP contribution in [0.1, 0.15) is 34.1 Å². The van der Waals surface area contributed by atoms with Gasteiger partial charge in [-0.2, -0.15) is 0 Å². The number of rotatable bonds is 4. The van der Waals surface area contributed by atoms with E-state index in [0.717, 1.165) is 6.42 Å². The molecule has 0 spiro atoms. The van der Waals surface area contributed by atoms with E-state index in [-0.39, 0.29) is 29.4 Å². The molecular formula is C12H24N2O2. The molecule has 0 aromatic rings. The Morgan fingerprint density at radius 2 is 2.06 bits per heavy atom. The number of nitrogens with one attached hydrogen (secondary N) is 1. The number of methoxy groups -OCH3 is 1. The third kappa shape index (κ3) is 2.38. The topological polar surface area (TPSA) is 64.3 Å². The zero-order valence-electron chi connectivity index (χ0n) is 10.9. The van der Waals surface area contributed by atoms with Crippen LogP contribution in [0.3, 0.4) is 0 Å². The molecule has 0 aliphatic heterocycles. The second-order valence-corrected chi connectivity index (χ2v) is 5.61. The number of hydrogen-bond donors (Lipinski definition) is 2. The van der Waals surface area contributed by atoms with Crippen LogP contribution >= 0.6 is 0 Å². The van der Waals surface area contributed by atoms with Crippen molar-refractivity contribution in [3.05, 3.63) is 0 Å². The summed E-state index contributed by atoms with van der Waals surface area (Å²) in [6.07, 6.45) is 1.10. The number of ether oxygens (including phenoxy) is 1. The van der Waals surface area contributed by atoms with Gasteiger partial charge in [0.2, 0.25) is 5.91 Å². The minimum atomic E-state index is -0.419. The van der Waals surface area contributed by atoms with E-state index in [9.17, 15) is 4.79 Å². The fourth-order valence-corrected chi connectivity index (χ4v) is 2.10. The largest absolute Gasteiger partial charge is 0.381 e. The van der Waals surface area contributed by atoms with E-state index < -0.39 is 6.04 Å². The lowest BCUT2D eigenvalue weighted by atomic mass is 9.64. The number of amides is 1. The number of carbonyl (C=O) groups is 1. The van der Waals surface area contributed by atoms with Crippen LogP contribution in [-0.2, 0) is 9.53 Å². The standard InChI is InChI=1S/C12H24N2O2/c1-7(2)10(13)11(15)14-8-6-9(16-5)12(8,3)4/h7-10H,6,13H2,1-5H3,(H,14,15)/t8?,9?,10-/m0/s1. The van der Waals surface area contributed by atoms with Crippen LogP contribution in [0.25, 0.3) is 0 Å². The molecule has 94 valence electrons. The molecule has 4 nitrogen and oxygen atoms in total. The summed E-state index contributed by atoms with van der Waals surface area (Å²) in [7, 11) is 1.71. The van der Waals surface area contributed by atoms with E-state index in [1.807, 2.05) is 13.8 Å². The Morgan fingerprint density at radius 1 is 1.50 bits per heavy atom. The van der Waals surface area contributed by atoms with Gasteiger partial charge in [-0.25, -0.2) is 0 Å². The molecule has 1 rings (SSSR count). The molecule has 1 aliphatic carbocycles. The number of nitrogens with two attached hydrogens (primary N) is 1. The van der Waals surface area contributed by atoms with E-state index in [0.29, 0.717) is 0 Å². The molecule has 0 saturated heterocycles. The Morgan fingerprint density at radius 3 is 2.44 bits per heavy atom. The van der Waals surface area contributed by atoms with Gasteiger partial charge in [-0.1, -0.05) is 27.7 Å². The summed E-state index contributed by atoms with van der Waals surface area (Å²) >= 11 is 0. The van der Waals surface area contributed by atoms with Gasteiger partial charge in [-0.15, -0.1) is 0 Å². The zero-order chi connectivity index (χ0) is 12.5. The van der Waals surface area contributed by atoms with Crippen molar-refractivity contribution in [2.45, 2.75) is 52.3 Å². The van der Waals surface area contributed by atoms with Gasteiger partial charge in [0.1, 0.15) is 0 Å². The van der Waals surface area contributed by atoms with Crippen LogP contribution < -0.4 is 11.1 Å². The lowest BCUT2D eigenvalue weighted by Crippen LogP contribution is -2.63. The Balaban J connectivity index is 2.49. The van der Waals surface area contributed by atoms with E-state index in [2.05, 4.69) is 19.2 Å². The molecule has 1 fully saturated rings. The molecule has 3 atom stereocenters. The molecule has 0 aromatic carbocycles. The summed E-state index contributed by atoms with van der Waals surface area (Å²) < 4.78 is 5.34. The monoisotopic (exact) mass is 228 g/mol.